The number of carbonyl (C=O) groups excluding carboxylic acids is 1. The van der Waals surface area contributed by atoms with Crippen molar-refractivity contribution in [1.29, 1.82) is 0 Å². The van der Waals surface area contributed by atoms with Crippen LogP contribution in [0.3, 0.4) is 0 Å². The highest BCUT2D eigenvalue weighted by atomic mass is 19.4. The molecule has 0 radical (unpaired) electrons. The molecule has 16 heteroatoms. The van der Waals surface area contributed by atoms with E-state index in [0.29, 0.717) is 5.92 Å². The number of amides is 2. The number of likely N-dealkylation sites (tertiary alicyclic amines) is 3. The predicted octanol–water partition coefficient (Wildman–Crippen LogP) is 3.09. The van der Waals surface area contributed by atoms with Crippen LogP contribution in [0.2, 0.25) is 0 Å². The lowest BCUT2D eigenvalue weighted by atomic mass is 9.89. The number of piperidine rings is 1. The number of hydrogen-bond donors (Lipinski definition) is 2. The van der Waals surface area contributed by atoms with Crippen molar-refractivity contribution in [3.8, 4) is 0 Å². The van der Waals surface area contributed by atoms with Crippen LogP contribution < -0.4 is 0 Å². The van der Waals surface area contributed by atoms with Gasteiger partial charge in [-0.05, 0) is 30.9 Å². The molecule has 4 heterocycles. The number of ether oxygens (including phenoxy) is 1. The molecule has 1 aromatic heterocycles. The normalized spacial score (nSPS) is 23.2. The summed E-state index contributed by atoms with van der Waals surface area (Å²) in [7, 11) is 1.81. The molecule has 3 aliphatic rings. The second-order valence-corrected chi connectivity index (χ2v) is 9.13. The summed E-state index contributed by atoms with van der Waals surface area (Å²) in [5.41, 5.74) is 1.23. The third kappa shape index (κ3) is 9.53. The first-order valence-corrected chi connectivity index (χ1v) is 11.9. The van der Waals surface area contributed by atoms with Crippen molar-refractivity contribution >= 4 is 18.0 Å². The van der Waals surface area contributed by atoms with E-state index in [2.05, 4.69) is 20.9 Å². The number of hydrogen-bond acceptors (Lipinski definition) is 6. The summed E-state index contributed by atoms with van der Waals surface area (Å²) in [6.45, 7) is 5.46. The predicted molar refractivity (Wildman–Crippen MR) is 122 cm³/mol. The Morgan fingerprint density at radius 1 is 1.00 bits per heavy atom. The summed E-state index contributed by atoms with van der Waals surface area (Å²) in [6, 6.07) is 4.61. The highest BCUT2D eigenvalue weighted by Gasteiger charge is 2.47. The third-order valence-corrected chi connectivity index (χ3v) is 6.48. The zero-order chi connectivity index (χ0) is 29.4. The SMILES string of the molecule is CO[C@H]1CCN(C(=O)N2CCCC2)[C@@H]2CN(Cc3cccnc3)C[C@H]12.O=C(O)C(F)(F)F.O=C(O)C(F)(F)F. The van der Waals surface area contributed by atoms with Gasteiger partial charge in [-0.2, -0.15) is 26.3 Å². The topological polar surface area (TPSA) is 124 Å². The third-order valence-electron chi connectivity index (χ3n) is 6.48. The molecule has 3 aliphatic heterocycles. The molecule has 0 spiro atoms. The average Bonchev–Trinajstić information content (AvgIpc) is 3.54. The Morgan fingerprint density at radius 2 is 1.56 bits per heavy atom. The fraction of sp³-hybridized carbons (Fsp3) is 0.652. The molecule has 0 aromatic carbocycles. The van der Waals surface area contributed by atoms with Gasteiger partial charge in [-0.15, -0.1) is 0 Å². The molecular formula is C23H30F6N4O6. The number of fused-ring (bicyclic) bond motifs is 1. The van der Waals surface area contributed by atoms with Crippen molar-refractivity contribution in [3.63, 3.8) is 0 Å². The first kappa shape index (κ1) is 32.1. The lowest BCUT2D eigenvalue weighted by Gasteiger charge is -2.42. The number of carbonyl (C=O) groups is 3. The van der Waals surface area contributed by atoms with Crippen molar-refractivity contribution < 1.29 is 55.7 Å². The molecule has 0 saturated carbocycles. The zero-order valence-electron chi connectivity index (χ0n) is 21.0. The number of aliphatic carboxylic acids is 2. The lowest BCUT2D eigenvalue weighted by Crippen LogP contribution is -2.56. The Morgan fingerprint density at radius 3 is 2.03 bits per heavy atom. The van der Waals surface area contributed by atoms with Crippen LogP contribution in [-0.4, -0.2) is 112 Å². The fourth-order valence-corrected chi connectivity index (χ4v) is 4.73. The zero-order valence-corrected chi connectivity index (χ0v) is 21.0. The van der Waals surface area contributed by atoms with E-state index in [0.717, 1.165) is 58.5 Å². The summed E-state index contributed by atoms with van der Waals surface area (Å²) in [4.78, 5) is 41.6. The Kier molecular flexibility index (Phi) is 11.3. The standard InChI is InChI=1S/C19H28N4O2.2C2HF3O2/c1-25-18-6-10-23(19(24)22-8-2-3-9-22)17-14-21(13-16(17)18)12-15-5-4-7-20-11-15;2*3-2(4,5)1(6)7/h4-5,7,11,16-18H,2-3,6,8-10,12-14H2,1H3;2*(H,6,7)/t16-,17+,18-;;/m0../s1. The Labute approximate surface area is 220 Å². The minimum absolute atomic E-state index is 0.241. The highest BCUT2D eigenvalue weighted by molar-refractivity contribution is 5.75. The van der Waals surface area contributed by atoms with Gasteiger partial charge in [0.1, 0.15) is 0 Å². The van der Waals surface area contributed by atoms with Crippen molar-refractivity contribution in [2.24, 2.45) is 5.92 Å². The number of carboxylic acid groups (broad SMARTS) is 2. The molecule has 39 heavy (non-hydrogen) atoms. The lowest BCUT2D eigenvalue weighted by molar-refractivity contribution is -0.193. The van der Waals surface area contributed by atoms with Crippen molar-refractivity contribution in [3.05, 3.63) is 30.1 Å². The van der Waals surface area contributed by atoms with Gasteiger partial charge in [0.2, 0.25) is 0 Å². The van der Waals surface area contributed by atoms with Gasteiger partial charge in [0.15, 0.2) is 0 Å². The first-order valence-electron chi connectivity index (χ1n) is 11.9. The molecule has 220 valence electrons. The van der Waals surface area contributed by atoms with Crippen molar-refractivity contribution in [2.45, 2.75) is 50.3 Å². The van der Waals surface area contributed by atoms with Crippen LogP contribution in [0.1, 0.15) is 24.8 Å². The molecule has 3 fully saturated rings. The largest absolute Gasteiger partial charge is 0.490 e. The van der Waals surface area contributed by atoms with Gasteiger partial charge < -0.3 is 24.7 Å². The van der Waals surface area contributed by atoms with Crippen LogP contribution in [0, 0.1) is 5.92 Å². The highest BCUT2D eigenvalue weighted by Crippen LogP contribution is 2.34. The van der Waals surface area contributed by atoms with Gasteiger partial charge in [-0.1, -0.05) is 6.07 Å². The van der Waals surface area contributed by atoms with E-state index in [1.807, 2.05) is 30.5 Å². The van der Waals surface area contributed by atoms with Crippen LogP contribution in [-0.2, 0) is 20.9 Å². The van der Waals surface area contributed by atoms with Crippen LogP contribution in [0.4, 0.5) is 31.1 Å². The van der Waals surface area contributed by atoms with Crippen molar-refractivity contribution in [1.82, 2.24) is 19.7 Å². The fourth-order valence-electron chi connectivity index (χ4n) is 4.73. The van der Waals surface area contributed by atoms with Crippen molar-refractivity contribution in [2.75, 3.05) is 39.8 Å². The maximum atomic E-state index is 13.0. The van der Waals surface area contributed by atoms with E-state index in [-0.39, 0.29) is 18.2 Å². The molecule has 0 unspecified atom stereocenters. The summed E-state index contributed by atoms with van der Waals surface area (Å²) in [5.74, 6) is -5.11. The van der Waals surface area contributed by atoms with Gasteiger partial charge in [0.05, 0.1) is 12.1 Å². The summed E-state index contributed by atoms with van der Waals surface area (Å²) < 4.78 is 69.2. The molecule has 10 nitrogen and oxygen atoms in total. The molecule has 0 aliphatic carbocycles. The van der Waals surface area contributed by atoms with Gasteiger partial charge >= 0.3 is 30.3 Å². The number of nitrogens with zero attached hydrogens (tertiary/aromatic N) is 4. The van der Waals surface area contributed by atoms with E-state index in [9.17, 15) is 31.1 Å². The molecular weight excluding hydrogens is 542 g/mol. The van der Waals surface area contributed by atoms with E-state index in [1.165, 1.54) is 5.56 Å². The average molecular weight is 573 g/mol. The Bertz CT molecular complexity index is 935. The number of carboxylic acids is 2. The second kappa shape index (κ2) is 13.8. The summed E-state index contributed by atoms with van der Waals surface area (Å²) >= 11 is 0. The Balaban J connectivity index is 0.000000317. The van der Waals surface area contributed by atoms with Gasteiger partial charge in [-0.3, -0.25) is 9.88 Å². The van der Waals surface area contributed by atoms with Crippen LogP contribution >= 0.6 is 0 Å². The van der Waals surface area contributed by atoms with E-state index in [1.54, 1.807) is 0 Å². The first-order chi connectivity index (χ1) is 18.1. The maximum absolute atomic E-state index is 13.0. The second-order valence-electron chi connectivity index (χ2n) is 9.13. The van der Waals surface area contributed by atoms with E-state index < -0.39 is 24.3 Å². The summed E-state index contributed by atoms with van der Waals surface area (Å²) in [6.07, 6.45) is -2.94. The smallest absolute Gasteiger partial charge is 0.475 e. The number of urea groups is 1. The minimum atomic E-state index is -5.08. The Hall–Kier alpha value is -3.14. The van der Waals surface area contributed by atoms with Gasteiger partial charge in [0, 0.05) is 64.7 Å². The number of rotatable bonds is 3. The monoisotopic (exact) mass is 572 g/mol. The number of alkyl halides is 6. The number of halogens is 6. The molecule has 3 atom stereocenters. The van der Waals surface area contributed by atoms with Crippen LogP contribution in [0.5, 0.6) is 0 Å². The molecule has 3 saturated heterocycles. The van der Waals surface area contributed by atoms with E-state index >= 15 is 0 Å². The molecule has 2 N–H and O–H groups in total. The molecule has 1 aromatic rings. The molecule has 4 rings (SSSR count). The van der Waals surface area contributed by atoms with Crippen LogP contribution in [0.15, 0.2) is 24.5 Å². The van der Waals surface area contributed by atoms with E-state index in [4.69, 9.17) is 24.5 Å². The number of methoxy groups -OCH3 is 1. The van der Waals surface area contributed by atoms with Gasteiger partial charge in [0.25, 0.3) is 0 Å². The summed E-state index contributed by atoms with van der Waals surface area (Å²) in [5, 5.41) is 14.2. The minimum Gasteiger partial charge on any atom is -0.475 e. The molecule has 0 bridgehead atoms. The van der Waals surface area contributed by atoms with Crippen LogP contribution in [0.25, 0.3) is 0 Å². The quantitative estimate of drug-likeness (QED) is 0.530. The number of pyridine rings is 1. The molecule has 2 amide bonds. The number of aromatic nitrogens is 1. The maximum Gasteiger partial charge on any atom is 0.490 e. The van der Waals surface area contributed by atoms with Gasteiger partial charge in [-0.25, -0.2) is 14.4 Å².